The normalized spacial score (nSPS) is 14.2. The Kier molecular flexibility index (Phi) is 8.27. The van der Waals surface area contributed by atoms with Crippen molar-refractivity contribution in [3.63, 3.8) is 0 Å². The first kappa shape index (κ1) is 20.7. The summed E-state index contributed by atoms with van der Waals surface area (Å²) >= 11 is 0. The van der Waals surface area contributed by atoms with Crippen LogP contribution in [0.5, 0.6) is 0 Å². The predicted molar refractivity (Wildman–Crippen MR) is 78.7 cm³/mol. The van der Waals surface area contributed by atoms with Gasteiger partial charge in [0.1, 0.15) is 5.78 Å². The van der Waals surface area contributed by atoms with Crippen LogP contribution in [0.25, 0.3) is 0 Å². The molecular formula is C12H23F3O4S2. The molecule has 21 heavy (non-hydrogen) atoms. The van der Waals surface area contributed by atoms with Crippen molar-refractivity contribution in [2.75, 3.05) is 17.3 Å². The summed E-state index contributed by atoms with van der Waals surface area (Å²) in [6, 6.07) is 0. The smallest absolute Gasteiger partial charge is 0.299 e. The van der Waals surface area contributed by atoms with E-state index >= 15 is 0 Å². The average Bonchev–Trinajstić information content (AvgIpc) is 2.36. The van der Waals surface area contributed by atoms with Crippen LogP contribution in [-0.2, 0) is 18.5 Å². The lowest BCUT2D eigenvalue weighted by Crippen LogP contribution is -2.30. The maximum absolute atomic E-state index is 12.4. The van der Waals surface area contributed by atoms with Crippen LogP contribution >= 0.6 is 10.3 Å². The van der Waals surface area contributed by atoms with Crippen molar-refractivity contribution in [3.05, 3.63) is 0 Å². The number of hydrogen-bond donors (Lipinski definition) is 0. The summed E-state index contributed by atoms with van der Waals surface area (Å²) in [7, 11) is -8.27. The number of carbonyl (C=O) groups is 1. The monoisotopic (exact) mass is 352 g/mol. The first-order valence-corrected chi connectivity index (χ1v) is 10.3. The molecule has 0 unspecified atom stereocenters. The van der Waals surface area contributed by atoms with Crippen LogP contribution in [0.3, 0.4) is 0 Å². The molecule has 0 aliphatic rings. The molecule has 0 aromatic heterocycles. The minimum atomic E-state index is -5.67. The van der Waals surface area contributed by atoms with Gasteiger partial charge in [-0.15, -0.1) is 10.3 Å². The average molecular weight is 352 g/mol. The summed E-state index contributed by atoms with van der Waals surface area (Å²) in [4.78, 5) is 11.9. The number of Topliss-reactive ketones (excluding diaryl/α,β-unsaturated/α-hetero) is 1. The molecular weight excluding hydrogens is 329 g/mol. The summed E-state index contributed by atoms with van der Waals surface area (Å²) < 4.78 is 64.2. The van der Waals surface area contributed by atoms with E-state index in [9.17, 15) is 26.4 Å². The van der Waals surface area contributed by atoms with Gasteiger partial charge in [0.05, 0.1) is 5.75 Å². The zero-order valence-corrected chi connectivity index (χ0v) is 14.2. The van der Waals surface area contributed by atoms with Gasteiger partial charge < -0.3 is 0 Å². The Labute approximate surface area is 126 Å². The van der Waals surface area contributed by atoms with Crippen molar-refractivity contribution in [2.45, 2.75) is 52.0 Å². The van der Waals surface area contributed by atoms with Crippen molar-refractivity contribution in [2.24, 2.45) is 0 Å². The number of alkyl halides is 3. The highest BCUT2D eigenvalue weighted by Gasteiger charge is 2.50. The standard InChI is InChI=1S/C12H23F3O4S2/c1-4-7-8-9-11(16)10-20(5-2,6-3)19-21(17,18)12(13,14)15/h4-10H2,1-3H3. The van der Waals surface area contributed by atoms with Gasteiger partial charge in [0.15, 0.2) is 0 Å². The Balaban J connectivity index is 4.98. The van der Waals surface area contributed by atoms with Gasteiger partial charge in [-0.25, -0.2) is 3.63 Å². The maximum atomic E-state index is 12.4. The van der Waals surface area contributed by atoms with E-state index in [1.807, 2.05) is 6.92 Å². The molecule has 0 bridgehead atoms. The molecule has 128 valence electrons. The second-order valence-electron chi connectivity index (χ2n) is 4.65. The zero-order chi connectivity index (χ0) is 16.7. The Morgan fingerprint density at radius 1 is 1.05 bits per heavy atom. The fourth-order valence-corrected chi connectivity index (χ4v) is 6.03. The Hall–Kier alpha value is -0.280. The van der Waals surface area contributed by atoms with Gasteiger partial charge in [-0.05, 0) is 17.9 Å². The highest BCUT2D eigenvalue weighted by atomic mass is 32.3. The lowest BCUT2D eigenvalue weighted by molar-refractivity contribution is -0.116. The maximum Gasteiger partial charge on any atom is 0.523 e. The molecule has 0 heterocycles. The highest BCUT2D eigenvalue weighted by molar-refractivity contribution is 8.33. The molecule has 0 radical (unpaired) electrons. The van der Waals surface area contributed by atoms with E-state index in [4.69, 9.17) is 0 Å². The summed E-state index contributed by atoms with van der Waals surface area (Å²) in [6.07, 6.45) is 2.68. The van der Waals surface area contributed by atoms with Gasteiger partial charge in [-0.2, -0.15) is 21.6 Å². The minimum absolute atomic E-state index is 0.0956. The molecule has 0 aromatic rings. The van der Waals surface area contributed by atoms with Crippen LogP contribution in [0.4, 0.5) is 13.2 Å². The molecule has 0 saturated carbocycles. The van der Waals surface area contributed by atoms with Gasteiger partial charge in [-0.1, -0.05) is 33.6 Å². The van der Waals surface area contributed by atoms with E-state index in [2.05, 4.69) is 3.63 Å². The van der Waals surface area contributed by atoms with Crippen LogP contribution in [0, 0.1) is 0 Å². The van der Waals surface area contributed by atoms with E-state index in [1.165, 1.54) is 0 Å². The van der Waals surface area contributed by atoms with Crippen molar-refractivity contribution in [1.29, 1.82) is 0 Å². The summed E-state index contributed by atoms with van der Waals surface area (Å²) in [5, 5.41) is 0. The van der Waals surface area contributed by atoms with E-state index in [0.29, 0.717) is 6.42 Å². The highest BCUT2D eigenvalue weighted by Crippen LogP contribution is 2.52. The van der Waals surface area contributed by atoms with Crippen LogP contribution in [0.15, 0.2) is 0 Å². The van der Waals surface area contributed by atoms with Gasteiger partial charge in [0.2, 0.25) is 0 Å². The van der Waals surface area contributed by atoms with E-state index in [1.54, 1.807) is 13.8 Å². The van der Waals surface area contributed by atoms with Gasteiger partial charge in [-0.3, -0.25) is 4.79 Å². The molecule has 0 spiro atoms. The topological polar surface area (TPSA) is 60.4 Å². The van der Waals surface area contributed by atoms with Crippen LogP contribution in [0.1, 0.15) is 46.5 Å². The molecule has 4 nitrogen and oxygen atoms in total. The molecule has 0 amide bonds. The number of carbonyl (C=O) groups excluding carboxylic acids is 1. The fraction of sp³-hybridized carbons (Fsp3) is 0.917. The molecule has 0 saturated heterocycles. The molecule has 0 atom stereocenters. The Morgan fingerprint density at radius 3 is 1.95 bits per heavy atom. The second kappa shape index (κ2) is 8.38. The molecule has 0 fully saturated rings. The molecule has 0 aliphatic carbocycles. The number of rotatable bonds is 10. The number of halogens is 3. The van der Waals surface area contributed by atoms with E-state index < -0.39 is 25.9 Å². The van der Waals surface area contributed by atoms with Crippen molar-refractivity contribution < 1.29 is 30.0 Å². The third kappa shape index (κ3) is 6.56. The third-order valence-corrected chi connectivity index (χ3v) is 8.44. The molecule has 0 N–H and O–H groups in total. The zero-order valence-electron chi connectivity index (χ0n) is 12.5. The lowest BCUT2D eigenvalue weighted by Gasteiger charge is -2.35. The van der Waals surface area contributed by atoms with Crippen molar-refractivity contribution in [3.8, 4) is 0 Å². The van der Waals surface area contributed by atoms with Crippen molar-refractivity contribution >= 4 is 26.2 Å². The lowest BCUT2D eigenvalue weighted by atomic mass is 10.2. The largest absolute Gasteiger partial charge is 0.523 e. The molecule has 0 aromatic carbocycles. The van der Waals surface area contributed by atoms with Crippen LogP contribution in [0.2, 0.25) is 0 Å². The number of unbranched alkanes of at least 4 members (excludes halogenated alkanes) is 2. The van der Waals surface area contributed by atoms with E-state index in [0.717, 1.165) is 12.8 Å². The molecule has 9 heteroatoms. The SMILES string of the molecule is CCCCCC(=O)CS(CC)(CC)OS(=O)(=O)C(F)(F)F. The first-order chi connectivity index (χ1) is 9.53. The van der Waals surface area contributed by atoms with Crippen molar-refractivity contribution in [1.82, 2.24) is 0 Å². The summed E-state index contributed by atoms with van der Waals surface area (Å²) in [5.74, 6) is -0.283. The minimum Gasteiger partial charge on any atom is -0.299 e. The summed E-state index contributed by atoms with van der Waals surface area (Å²) in [5.41, 5.74) is -5.46. The quantitative estimate of drug-likeness (QED) is 0.444. The fourth-order valence-electron chi connectivity index (χ4n) is 1.69. The first-order valence-electron chi connectivity index (χ1n) is 6.84. The third-order valence-electron chi connectivity index (χ3n) is 3.05. The summed E-state index contributed by atoms with van der Waals surface area (Å²) in [6.45, 7) is 5.06. The van der Waals surface area contributed by atoms with Crippen LogP contribution < -0.4 is 0 Å². The molecule has 0 aliphatic heterocycles. The Bertz CT molecular complexity index is 428. The number of hydrogen-bond acceptors (Lipinski definition) is 4. The van der Waals surface area contributed by atoms with Gasteiger partial charge in [0.25, 0.3) is 0 Å². The van der Waals surface area contributed by atoms with Gasteiger partial charge in [0, 0.05) is 6.42 Å². The van der Waals surface area contributed by atoms with Gasteiger partial charge >= 0.3 is 15.6 Å². The predicted octanol–water partition coefficient (Wildman–Crippen LogP) is 3.76. The molecule has 0 rings (SSSR count). The number of ketones is 1. The second-order valence-corrected chi connectivity index (χ2v) is 9.94. The van der Waals surface area contributed by atoms with E-state index in [-0.39, 0.29) is 29.5 Å². The Morgan fingerprint density at radius 2 is 1.57 bits per heavy atom. The van der Waals surface area contributed by atoms with Crippen LogP contribution in [-0.4, -0.2) is 37.0 Å².